The lowest BCUT2D eigenvalue weighted by atomic mass is 9.87. The molecule has 2 unspecified atom stereocenters. The first-order chi connectivity index (χ1) is 11.4. The minimum absolute atomic E-state index is 0.0174. The number of nitrogens with zero attached hydrogens (tertiary/aromatic N) is 2. The van der Waals surface area contributed by atoms with E-state index >= 15 is 0 Å². The molecule has 1 heterocycles. The van der Waals surface area contributed by atoms with Gasteiger partial charge in [0.2, 0.25) is 0 Å². The predicted molar refractivity (Wildman–Crippen MR) is 99.7 cm³/mol. The average Bonchev–Trinajstić information content (AvgIpc) is 2.69. The molecule has 2 aliphatic rings. The highest BCUT2D eigenvalue weighted by Gasteiger charge is 2.38. The van der Waals surface area contributed by atoms with E-state index in [1.165, 1.54) is 24.8 Å². The minimum Gasteiger partial charge on any atom is -0.335 e. The van der Waals surface area contributed by atoms with Gasteiger partial charge in [-0.25, -0.2) is 4.79 Å². The normalized spacial score (nSPS) is 26.1. The number of amides is 2. The highest BCUT2D eigenvalue weighted by molar-refractivity contribution is 5.95. The fourth-order valence-corrected chi connectivity index (χ4v) is 4.22. The van der Waals surface area contributed by atoms with E-state index in [-0.39, 0.29) is 17.5 Å². The molecule has 0 saturated heterocycles. The second kappa shape index (κ2) is 6.75. The molecule has 1 N–H and O–H groups in total. The Hall–Kier alpha value is -1.55. The van der Waals surface area contributed by atoms with Crippen LogP contribution in [0.3, 0.4) is 0 Å². The van der Waals surface area contributed by atoms with Gasteiger partial charge in [0.05, 0.1) is 0 Å². The summed E-state index contributed by atoms with van der Waals surface area (Å²) in [5.74, 6) is 0. The number of rotatable bonds is 2. The molecule has 0 bridgehead atoms. The third-order valence-corrected chi connectivity index (χ3v) is 5.68. The molecular weight excluding hydrogens is 298 g/mol. The molecule has 3 rings (SSSR count). The van der Waals surface area contributed by atoms with E-state index in [0.717, 1.165) is 25.1 Å². The molecule has 1 aromatic rings. The van der Waals surface area contributed by atoms with E-state index in [1.54, 1.807) is 0 Å². The van der Waals surface area contributed by atoms with Gasteiger partial charge in [-0.15, -0.1) is 0 Å². The van der Waals surface area contributed by atoms with Gasteiger partial charge in [0, 0.05) is 29.7 Å². The number of para-hydroxylation sites is 1. The number of fused-ring (bicyclic) bond motifs is 1. The number of urea groups is 1. The van der Waals surface area contributed by atoms with Crippen LogP contribution in [0, 0.1) is 0 Å². The maximum Gasteiger partial charge on any atom is 0.322 e. The molecule has 1 aliphatic carbocycles. The highest BCUT2D eigenvalue weighted by atomic mass is 16.2. The summed E-state index contributed by atoms with van der Waals surface area (Å²) in [4.78, 5) is 17.2. The van der Waals surface area contributed by atoms with Crippen LogP contribution in [0.4, 0.5) is 10.5 Å². The summed E-state index contributed by atoms with van der Waals surface area (Å²) in [5.41, 5.74) is 2.36. The molecule has 1 fully saturated rings. The molecule has 1 aliphatic heterocycles. The summed E-state index contributed by atoms with van der Waals surface area (Å²) in [6.45, 7) is 5.18. The van der Waals surface area contributed by atoms with Crippen molar-refractivity contribution in [2.24, 2.45) is 0 Å². The fourth-order valence-electron chi connectivity index (χ4n) is 4.22. The Bertz CT molecular complexity index is 596. The van der Waals surface area contributed by atoms with Crippen molar-refractivity contribution in [2.45, 2.75) is 63.5 Å². The van der Waals surface area contributed by atoms with Crippen molar-refractivity contribution in [3.63, 3.8) is 0 Å². The van der Waals surface area contributed by atoms with Crippen molar-refractivity contribution >= 4 is 11.7 Å². The number of carbonyl (C=O) groups excluding carboxylic acids is 1. The Labute approximate surface area is 146 Å². The summed E-state index contributed by atoms with van der Waals surface area (Å²) in [7, 11) is 4.29. The largest absolute Gasteiger partial charge is 0.335 e. The molecule has 4 nitrogen and oxygen atoms in total. The van der Waals surface area contributed by atoms with Crippen molar-refractivity contribution < 1.29 is 4.79 Å². The second-order valence-corrected chi connectivity index (χ2v) is 8.27. The summed E-state index contributed by atoms with van der Waals surface area (Å²) in [6, 6.07) is 9.22. The Morgan fingerprint density at radius 3 is 2.67 bits per heavy atom. The van der Waals surface area contributed by atoms with Crippen LogP contribution in [-0.2, 0) is 5.41 Å². The summed E-state index contributed by atoms with van der Waals surface area (Å²) >= 11 is 0. The molecule has 1 saturated carbocycles. The van der Waals surface area contributed by atoms with Gasteiger partial charge < -0.3 is 10.2 Å². The van der Waals surface area contributed by atoms with E-state index in [2.05, 4.69) is 56.4 Å². The second-order valence-electron chi connectivity index (χ2n) is 8.27. The van der Waals surface area contributed by atoms with E-state index in [4.69, 9.17) is 0 Å². The van der Waals surface area contributed by atoms with Crippen LogP contribution in [0.5, 0.6) is 0 Å². The Morgan fingerprint density at radius 1 is 1.21 bits per heavy atom. The van der Waals surface area contributed by atoms with Crippen LogP contribution >= 0.6 is 0 Å². The molecule has 24 heavy (non-hydrogen) atoms. The van der Waals surface area contributed by atoms with Crippen molar-refractivity contribution in [1.29, 1.82) is 0 Å². The van der Waals surface area contributed by atoms with Gasteiger partial charge in [0.15, 0.2) is 0 Å². The van der Waals surface area contributed by atoms with Crippen LogP contribution in [0.2, 0.25) is 0 Å². The molecule has 2 amide bonds. The smallest absolute Gasteiger partial charge is 0.322 e. The van der Waals surface area contributed by atoms with E-state index < -0.39 is 0 Å². The van der Waals surface area contributed by atoms with Crippen LogP contribution in [0.15, 0.2) is 24.3 Å². The minimum atomic E-state index is 0.0174. The van der Waals surface area contributed by atoms with Gasteiger partial charge in [0.25, 0.3) is 0 Å². The highest BCUT2D eigenvalue weighted by Crippen LogP contribution is 2.40. The van der Waals surface area contributed by atoms with Crippen LogP contribution < -0.4 is 10.2 Å². The third-order valence-electron chi connectivity index (χ3n) is 5.68. The van der Waals surface area contributed by atoms with Gasteiger partial charge in [-0.1, -0.05) is 44.9 Å². The van der Waals surface area contributed by atoms with Crippen molar-refractivity contribution in [3.05, 3.63) is 29.8 Å². The lowest BCUT2D eigenvalue weighted by molar-refractivity contribution is 0.229. The molecule has 1 aromatic carbocycles. The zero-order chi connectivity index (χ0) is 17.3. The van der Waals surface area contributed by atoms with Crippen molar-refractivity contribution in [2.75, 3.05) is 25.5 Å². The van der Waals surface area contributed by atoms with Gasteiger partial charge in [0.1, 0.15) is 0 Å². The number of benzene rings is 1. The van der Waals surface area contributed by atoms with Crippen LogP contribution in [0.1, 0.15) is 51.5 Å². The van der Waals surface area contributed by atoms with E-state index in [9.17, 15) is 4.79 Å². The SMILES string of the molecule is CN(C)C1CCCCC(NC(=O)N2CC(C)(C)c3ccccc32)C1. The zero-order valence-corrected chi connectivity index (χ0v) is 15.5. The number of carbonyl (C=O) groups is 1. The summed E-state index contributed by atoms with van der Waals surface area (Å²) in [5, 5.41) is 3.32. The number of hydrogen-bond donors (Lipinski definition) is 1. The fraction of sp³-hybridized carbons (Fsp3) is 0.650. The summed E-state index contributed by atoms with van der Waals surface area (Å²) < 4.78 is 0. The summed E-state index contributed by atoms with van der Waals surface area (Å²) in [6.07, 6.45) is 5.84. The number of hydrogen-bond acceptors (Lipinski definition) is 2. The van der Waals surface area contributed by atoms with Crippen molar-refractivity contribution in [3.8, 4) is 0 Å². The van der Waals surface area contributed by atoms with Gasteiger partial charge in [-0.2, -0.15) is 0 Å². The molecular formula is C20H31N3O. The lowest BCUT2D eigenvalue weighted by Gasteiger charge is -2.28. The molecule has 0 spiro atoms. The van der Waals surface area contributed by atoms with Crippen molar-refractivity contribution in [1.82, 2.24) is 10.2 Å². The van der Waals surface area contributed by atoms with Gasteiger partial charge in [-0.05, 0) is 45.0 Å². The van der Waals surface area contributed by atoms with E-state index in [0.29, 0.717) is 6.04 Å². The number of anilines is 1. The topological polar surface area (TPSA) is 35.6 Å². The molecule has 4 heteroatoms. The molecule has 2 atom stereocenters. The molecule has 0 radical (unpaired) electrons. The molecule has 0 aromatic heterocycles. The first-order valence-corrected chi connectivity index (χ1v) is 9.22. The van der Waals surface area contributed by atoms with Crippen LogP contribution in [-0.4, -0.2) is 43.7 Å². The third kappa shape index (κ3) is 3.44. The maximum absolute atomic E-state index is 13.0. The lowest BCUT2D eigenvalue weighted by Crippen LogP contribution is -2.47. The average molecular weight is 329 g/mol. The Kier molecular flexibility index (Phi) is 4.86. The molecule has 132 valence electrons. The first kappa shape index (κ1) is 17.3. The van der Waals surface area contributed by atoms with Gasteiger partial charge in [-0.3, -0.25) is 4.90 Å². The first-order valence-electron chi connectivity index (χ1n) is 9.22. The maximum atomic E-state index is 13.0. The van der Waals surface area contributed by atoms with E-state index in [1.807, 2.05) is 11.0 Å². The predicted octanol–water partition coefficient (Wildman–Crippen LogP) is 3.76. The zero-order valence-electron chi connectivity index (χ0n) is 15.5. The quantitative estimate of drug-likeness (QED) is 0.839. The Morgan fingerprint density at radius 2 is 1.92 bits per heavy atom. The van der Waals surface area contributed by atoms with Gasteiger partial charge >= 0.3 is 6.03 Å². The monoisotopic (exact) mass is 329 g/mol. The Balaban J connectivity index is 1.71. The number of nitrogens with one attached hydrogen (secondary N) is 1. The standard InChI is InChI=1S/C20H31N3O/c1-20(2)14-23(18-12-8-7-11-17(18)20)19(24)21-15-9-5-6-10-16(13-15)22(3)4/h7-8,11-12,15-16H,5-6,9-10,13-14H2,1-4H3,(H,21,24). The van der Waals surface area contributed by atoms with Crippen LogP contribution in [0.25, 0.3) is 0 Å².